The molecule has 0 aliphatic carbocycles. The molecule has 110 valence electrons. The van der Waals surface area contributed by atoms with Gasteiger partial charge in [-0.25, -0.2) is 4.79 Å². The Morgan fingerprint density at radius 3 is 2.47 bits per heavy atom. The van der Waals surface area contributed by atoms with E-state index < -0.39 is 36.9 Å². The highest BCUT2D eigenvalue weighted by Crippen LogP contribution is 2.19. The predicted molar refractivity (Wildman–Crippen MR) is 55.4 cm³/mol. The van der Waals surface area contributed by atoms with Gasteiger partial charge < -0.3 is 19.9 Å². The second-order valence-electron chi connectivity index (χ2n) is 3.99. The van der Waals surface area contributed by atoms with Crippen LogP contribution in [0, 0.1) is 0 Å². The van der Waals surface area contributed by atoms with Crippen molar-refractivity contribution in [2.45, 2.75) is 31.2 Å². The first-order chi connectivity index (χ1) is 8.79. The summed E-state index contributed by atoms with van der Waals surface area (Å²) < 4.78 is 44.4. The average molecular weight is 285 g/mol. The van der Waals surface area contributed by atoms with Gasteiger partial charge in [0.1, 0.15) is 12.7 Å². The Kier molecular flexibility index (Phi) is 5.55. The molecule has 1 aliphatic heterocycles. The van der Waals surface area contributed by atoms with Crippen molar-refractivity contribution in [2.24, 2.45) is 0 Å². The number of rotatable bonds is 6. The highest BCUT2D eigenvalue weighted by Gasteiger charge is 2.34. The Bertz CT molecular complexity index is 334. The molecule has 2 unspecified atom stereocenters. The third kappa shape index (κ3) is 5.88. The molecule has 0 saturated carbocycles. The molecule has 0 bridgehead atoms. The second kappa shape index (κ2) is 6.71. The number of alkyl halides is 3. The first-order valence-electron chi connectivity index (χ1n) is 5.60. The van der Waals surface area contributed by atoms with Crippen molar-refractivity contribution in [3.8, 4) is 0 Å². The SMILES string of the molecule is O=C(O)C1CCC(C(=O)NCCOCC(F)(F)F)O1. The van der Waals surface area contributed by atoms with E-state index in [1.54, 1.807) is 0 Å². The number of carbonyl (C=O) groups is 2. The maximum atomic E-state index is 11.7. The van der Waals surface area contributed by atoms with E-state index in [1.807, 2.05) is 0 Å². The molecule has 6 nitrogen and oxygen atoms in total. The summed E-state index contributed by atoms with van der Waals surface area (Å²) in [7, 11) is 0. The standard InChI is InChI=1S/C10H14F3NO5/c11-10(12,13)5-18-4-3-14-8(15)6-1-2-7(19-6)9(16)17/h6-7H,1-5H2,(H,14,15)(H,16,17). The molecule has 1 saturated heterocycles. The topological polar surface area (TPSA) is 84.9 Å². The van der Waals surface area contributed by atoms with Crippen LogP contribution in [0.15, 0.2) is 0 Å². The van der Waals surface area contributed by atoms with Gasteiger partial charge in [-0.2, -0.15) is 13.2 Å². The molecule has 0 spiro atoms. The summed E-state index contributed by atoms with van der Waals surface area (Å²) in [6.07, 6.45) is -5.77. The zero-order valence-electron chi connectivity index (χ0n) is 9.90. The van der Waals surface area contributed by atoms with Crippen molar-refractivity contribution in [2.75, 3.05) is 19.8 Å². The minimum atomic E-state index is -4.40. The van der Waals surface area contributed by atoms with Crippen LogP contribution in [0.5, 0.6) is 0 Å². The number of carboxylic acids is 1. The van der Waals surface area contributed by atoms with Gasteiger partial charge in [0, 0.05) is 6.54 Å². The molecule has 19 heavy (non-hydrogen) atoms. The highest BCUT2D eigenvalue weighted by atomic mass is 19.4. The summed E-state index contributed by atoms with van der Waals surface area (Å²) in [4.78, 5) is 22.0. The minimum Gasteiger partial charge on any atom is -0.479 e. The fraction of sp³-hybridized carbons (Fsp3) is 0.800. The summed E-state index contributed by atoms with van der Waals surface area (Å²) >= 11 is 0. The lowest BCUT2D eigenvalue weighted by Crippen LogP contribution is -2.37. The largest absolute Gasteiger partial charge is 0.479 e. The van der Waals surface area contributed by atoms with E-state index in [1.165, 1.54) is 0 Å². The van der Waals surface area contributed by atoms with E-state index in [-0.39, 0.29) is 26.0 Å². The number of amides is 1. The predicted octanol–water partition coefficient (Wildman–Crippen LogP) is 0.314. The van der Waals surface area contributed by atoms with E-state index in [0.717, 1.165) is 0 Å². The van der Waals surface area contributed by atoms with Crippen LogP contribution in [0.1, 0.15) is 12.8 Å². The molecule has 2 N–H and O–H groups in total. The molecule has 1 fully saturated rings. The smallest absolute Gasteiger partial charge is 0.411 e. The van der Waals surface area contributed by atoms with Crippen LogP contribution in [0.3, 0.4) is 0 Å². The number of aliphatic carboxylic acids is 1. The number of hydrogen-bond acceptors (Lipinski definition) is 4. The third-order valence-corrected chi connectivity index (χ3v) is 2.40. The fourth-order valence-electron chi connectivity index (χ4n) is 1.56. The van der Waals surface area contributed by atoms with Gasteiger partial charge in [0.05, 0.1) is 6.61 Å². The van der Waals surface area contributed by atoms with Gasteiger partial charge in [-0.1, -0.05) is 0 Å². The Hall–Kier alpha value is -1.35. The minimum absolute atomic E-state index is 0.0908. The average Bonchev–Trinajstić information content (AvgIpc) is 2.76. The van der Waals surface area contributed by atoms with Crippen LogP contribution in [0.4, 0.5) is 13.2 Å². The summed E-state index contributed by atoms with van der Waals surface area (Å²) in [5.74, 6) is -1.68. The van der Waals surface area contributed by atoms with Crippen molar-refractivity contribution in [3.05, 3.63) is 0 Å². The summed E-state index contributed by atoms with van der Waals surface area (Å²) in [6, 6.07) is 0. The monoisotopic (exact) mass is 285 g/mol. The fourth-order valence-corrected chi connectivity index (χ4v) is 1.56. The van der Waals surface area contributed by atoms with Crippen LogP contribution < -0.4 is 5.32 Å². The summed E-state index contributed by atoms with van der Waals surface area (Å²) in [5, 5.41) is 11.0. The molecule has 0 aromatic heterocycles. The Morgan fingerprint density at radius 1 is 1.32 bits per heavy atom. The van der Waals surface area contributed by atoms with Gasteiger partial charge in [0.25, 0.3) is 0 Å². The Morgan fingerprint density at radius 2 is 1.95 bits per heavy atom. The number of halogens is 3. The van der Waals surface area contributed by atoms with E-state index in [4.69, 9.17) is 9.84 Å². The van der Waals surface area contributed by atoms with Crippen molar-refractivity contribution in [3.63, 3.8) is 0 Å². The van der Waals surface area contributed by atoms with Crippen LogP contribution in [-0.4, -0.2) is 55.1 Å². The van der Waals surface area contributed by atoms with Gasteiger partial charge >= 0.3 is 12.1 Å². The molecule has 1 aliphatic rings. The van der Waals surface area contributed by atoms with Crippen LogP contribution in [0.25, 0.3) is 0 Å². The first-order valence-corrected chi connectivity index (χ1v) is 5.60. The van der Waals surface area contributed by atoms with Crippen LogP contribution in [-0.2, 0) is 19.1 Å². The lowest BCUT2D eigenvalue weighted by molar-refractivity contribution is -0.173. The van der Waals surface area contributed by atoms with Crippen molar-refractivity contribution < 1.29 is 37.3 Å². The van der Waals surface area contributed by atoms with Gasteiger partial charge in [-0.15, -0.1) is 0 Å². The van der Waals surface area contributed by atoms with E-state index in [9.17, 15) is 22.8 Å². The molecule has 0 aromatic carbocycles. The van der Waals surface area contributed by atoms with Gasteiger partial charge in [0.2, 0.25) is 5.91 Å². The van der Waals surface area contributed by atoms with Crippen molar-refractivity contribution in [1.82, 2.24) is 5.32 Å². The number of hydrogen-bond donors (Lipinski definition) is 2. The van der Waals surface area contributed by atoms with E-state index >= 15 is 0 Å². The molecule has 2 atom stereocenters. The Balaban J connectivity index is 2.14. The number of carboxylic acid groups (broad SMARTS) is 1. The normalized spacial score (nSPS) is 23.3. The molecular formula is C10H14F3NO5. The molecule has 9 heteroatoms. The number of nitrogens with one attached hydrogen (secondary N) is 1. The Labute approximate surface area is 106 Å². The number of ether oxygens (including phenoxy) is 2. The molecule has 1 rings (SSSR count). The van der Waals surface area contributed by atoms with E-state index in [2.05, 4.69) is 10.1 Å². The van der Waals surface area contributed by atoms with Crippen molar-refractivity contribution >= 4 is 11.9 Å². The van der Waals surface area contributed by atoms with Crippen molar-refractivity contribution in [1.29, 1.82) is 0 Å². The molecule has 0 radical (unpaired) electrons. The molecule has 0 aromatic rings. The lowest BCUT2D eigenvalue weighted by atomic mass is 10.2. The number of carbonyl (C=O) groups excluding carboxylic acids is 1. The van der Waals surface area contributed by atoms with E-state index in [0.29, 0.717) is 0 Å². The lowest BCUT2D eigenvalue weighted by Gasteiger charge is -2.12. The van der Waals surface area contributed by atoms with Gasteiger partial charge in [-0.05, 0) is 12.8 Å². The molecular weight excluding hydrogens is 271 g/mol. The molecule has 1 amide bonds. The zero-order chi connectivity index (χ0) is 14.5. The highest BCUT2D eigenvalue weighted by molar-refractivity contribution is 5.82. The quantitative estimate of drug-likeness (QED) is 0.686. The summed E-state index contributed by atoms with van der Waals surface area (Å²) in [5.41, 5.74) is 0. The second-order valence-corrected chi connectivity index (χ2v) is 3.99. The zero-order valence-corrected chi connectivity index (χ0v) is 9.90. The third-order valence-electron chi connectivity index (χ3n) is 2.40. The maximum absolute atomic E-state index is 11.7. The van der Waals surface area contributed by atoms with Gasteiger partial charge in [0.15, 0.2) is 6.10 Å². The molecule has 1 heterocycles. The first kappa shape index (κ1) is 15.7. The maximum Gasteiger partial charge on any atom is 0.411 e. The van der Waals surface area contributed by atoms with Gasteiger partial charge in [-0.3, -0.25) is 4.79 Å². The summed E-state index contributed by atoms with van der Waals surface area (Å²) in [6.45, 7) is -1.74. The van der Waals surface area contributed by atoms with Crippen LogP contribution >= 0.6 is 0 Å². The van der Waals surface area contributed by atoms with Crippen LogP contribution in [0.2, 0.25) is 0 Å².